The Balaban J connectivity index is 2.72. The van der Waals surface area contributed by atoms with Gasteiger partial charge in [0.2, 0.25) is 11.8 Å². The maximum absolute atomic E-state index is 11.6. The van der Waals surface area contributed by atoms with Crippen LogP contribution in [0.4, 0.5) is 11.4 Å². The van der Waals surface area contributed by atoms with Crippen molar-refractivity contribution in [3.05, 3.63) is 24.3 Å². The van der Waals surface area contributed by atoms with Crippen LogP contribution in [-0.4, -0.2) is 17.7 Å². The normalized spacial score (nSPS) is 11.7. The number of carbonyl (C=O) groups excluding carboxylic acids is 2. The van der Waals surface area contributed by atoms with Gasteiger partial charge in [-0.25, -0.2) is 0 Å². The summed E-state index contributed by atoms with van der Waals surface area (Å²) in [5.74, 6) is -0.263. The van der Waals surface area contributed by atoms with Gasteiger partial charge in [-0.05, 0) is 18.2 Å². The molecule has 0 radical (unpaired) electrons. The summed E-state index contributed by atoms with van der Waals surface area (Å²) in [6, 6.07) is 6.96. The molecule has 1 atom stereocenters. The number of nitrogens with one attached hydrogen (secondary N) is 2. The average molecular weight is 255 g/mol. The van der Waals surface area contributed by atoms with Crippen molar-refractivity contribution in [3.8, 4) is 0 Å². The largest absolute Gasteiger partial charge is 0.326 e. The summed E-state index contributed by atoms with van der Waals surface area (Å²) in [6.07, 6.45) is 0. The molecular weight excluding hydrogens is 240 g/mol. The fraction of sp³-hybridized carbons (Fsp3) is 0.333. The Hall–Kier alpha value is -1.55. The number of benzene rings is 1. The van der Waals surface area contributed by atoms with Crippen molar-refractivity contribution in [3.63, 3.8) is 0 Å². The van der Waals surface area contributed by atoms with E-state index in [1.165, 1.54) is 6.92 Å². The van der Waals surface area contributed by atoms with Crippen LogP contribution in [0.25, 0.3) is 0 Å². The molecule has 0 saturated heterocycles. The van der Waals surface area contributed by atoms with Gasteiger partial charge < -0.3 is 10.6 Å². The van der Waals surface area contributed by atoms with Crippen LogP contribution >= 0.6 is 11.6 Å². The van der Waals surface area contributed by atoms with E-state index in [4.69, 9.17) is 11.6 Å². The molecule has 0 heterocycles. The highest BCUT2D eigenvalue weighted by molar-refractivity contribution is 6.19. The number of alkyl halides is 1. The van der Waals surface area contributed by atoms with Crippen LogP contribution in [0.5, 0.6) is 0 Å². The smallest absolute Gasteiger partial charge is 0.228 e. The van der Waals surface area contributed by atoms with Gasteiger partial charge in [0.1, 0.15) is 0 Å². The standard InChI is InChI=1S/C12H15ClN2O2/c1-8(7-13)12(17)15-11-5-3-4-10(6-11)14-9(2)16/h3-6,8H,7H2,1-2H3,(H,14,16)(H,15,17). The zero-order chi connectivity index (χ0) is 12.8. The highest BCUT2D eigenvalue weighted by atomic mass is 35.5. The number of rotatable bonds is 4. The lowest BCUT2D eigenvalue weighted by Gasteiger charge is -2.10. The van der Waals surface area contributed by atoms with Crippen LogP contribution in [0.15, 0.2) is 24.3 Å². The van der Waals surface area contributed by atoms with Crippen LogP contribution in [0, 0.1) is 5.92 Å². The maximum Gasteiger partial charge on any atom is 0.228 e. The Bertz CT molecular complexity index is 421. The first-order valence-electron chi connectivity index (χ1n) is 5.27. The highest BCUT2D eigenvalue weighted by Crippen LogP contribution is 2.16. The van der Waals surface area contributed by atoms with E-state index in [1.807, 2.05) is 0 Å². The lowest BCUT2D eigenvalue weighted by atomic mass is 10.2. The van der Waals surface area contributed by atoms with Crippen LogP contribution in [0.2, 0.25) is 0 Å². The summed E-state index contributed by atoms with van der Waals surface area (Å²) >= 11 is 5.60. The zero-order valence-electron chi connectivity index (χ0n) is 9.79. The second kappa shape index (κ2) is 6.25. The number of anilines is 2. The van der Waals surface area contributed by atoms with Crippen molar-refractivity contribution in [2.24, 2.45) is 5.92 Å². The van der Waals surface area contributed by atoms with Gasteiger partial charge in [-0.1, -0.05) is 13.0 Å². The van der Waals surface area contributed by atoms with Gasteiger partial charge in [0.05, 0.1) is 0 Å². The third-order valence-electron chi connectivity index (χ3n) is 2.13. The molecule has 2 N–H and O–H groups in total. The molecule has 92 valence electrons. The van der Waals surface area contributed by atoms with Gasteiger partial charge in [0.15, 0.2) is 0 Å². The van der Waals surface area contributed by atoms with Crippen LogP contribution in [0.3, 0.4) is 0 Å². The minimum absolute atomic E-state index is 0.139. The van der Waals surface area contributed by atoms with Crippen LogP contribution < -0.4 is 10.6 Å². The summed E-state index contributed by atoms with van der Waals surface area (Å²) in [5, 5.41) is 5.38. The number of halogens is 1. The van der Waals surface area contributed by atoms with Crippen molar-refractivity contribution < 1.29 is 9.59 Å². The van der Waals surface area contributed by atoms with Crippen molar-refractivity contribution in [1.82, 2.24) is 0 Å². The fourth-order valence-electron chi connectivity index (χ4n) is 1.21. The summed E-state index contributed by atoms with van der Waals surface area (Å²) in [4.78, 5) is 22.5. The Morgan fingerprint density at radius 3 is 2.41 bits per heavy atom. The van der Waals surface area contributed by atoms with Crippen LogP contribution in [0.1, 0.15) is 13.8 Å². The average Bonchev–Trinajstić information content (AvgIpc) is 2.27. The summed E-state index contributed by atoms with van der Waals surface area (Å²) < 4.78 is 0. The number of carbonyl (C=O) groups is 2. The number of hydrogen-bond acceptors (Lipinski definition) is 2. The van der Waals surface area contributed by atoms with E-state index in [2.05, 4.69) is 10.6 Å². The van der Waals surface area contributed by atoms with Gasteiger partial charge in [0, 0.05) is 30.1 Å². The Kier molecular flexibility index (Phi) is 4.97. The monoisotopic (exact) mass is 254 g/mol. The van der Waals surface area contributed by atoms with Crippen molar-refractivity contribution in [2.45, 2.75) is 13.8 Å². The molecule has 1 rings (SSSR count). The molecule has 1 unspecified atom stereocenters. The lowest BCUT2D eigenvalue weighted by Crippen LogP contribution is -2.21. The van der Waals surface area contributed by atoms with E-state index in [1.54, 1.807) is 31.2 Å². The Morgan fingerprint density at radius 2 is 1.88 bits per heavy atom. The lowest BCUT2D eigenvalue weighted by molar-refractivity contribution is -0.118. The topological polar surface area (TPSA) is 58.2 Å². The van der Waals surface area contributed by atoms with Gasteiger partial charge in [-0.3, -0.25) is 9.59 Å². The van der Waals surface area contributed by atoms with Gasteiger partial charge in [-0.2, -0.15) is 0 Å². The van der Waals surface area contributed by atoms with E-state index >= 15 is 0 Å². The minimum atomic E-state index is -0.249. The first-order valence-corrected chi connectivity index (χ1v) is 5.81. The fourth-order valence-corrected chi connectivity index (χ4v) is 1.35. The summed E-state index contributed by atoms with van der Waals surface area (Å²) in [5.41, 5.74) is 1.28. The van der Waals surface area contributed by atoms with E-state index in [9.17, 15) is 9.59 Å². The van der Waals surface area contributed by atoms with Crippen molar-refractivity contribution in [1.29, 1.82) is 0 Å². The molecule has 4 nitrogen and oxygen atoms in total. The number of amides is 2. The molecule has 1 aromatic rings. The molecule has 0 aliphatic carbocycles. The second-order valence-electron chi connectivity index (χ2n) is 3.81. The first kappa shape index (κ1) is 13.5. The second-order valence-corrected chi connectivity index (χ2v) is 4.12. The molecule has 2 amide bonds. The molecule has 0 aliphatic heterocycles. The van der Waals surface area contributed by atoms with E-state index in [0.29, 0.717) is 11.4 Å². The molecular formula is C12H15ClN2O2. The predicted octanol–water partition coefficient (Wildman–Crippen LogP) is 2.46. The zero-order valence-corrected chi connectivity index (χ0v) is 10.5. The SMILES string of the molecule is CC(=O)Nc1cccc(NC(=O)C(C)CCl)c1. The summed E-state index contributed by atoms with van der Waals surface area (Å²) in [6.45, 7) is 3.18. The van der Waals surface area contributed by atoms with Crippen LogP contribution in [-0.2, 0) is 9.59 Å². The molecule has 5 heteroatoms. The van der Waals surface area contributed by atoms with E-state index in [0.717, 1.165) is 0 Å². The highest BCUT2D eigenvalue weighted by Gasteiger charge is 2.11. The quantitative estimate of drug-likeness (QED) is 0.811. The van der Waals surface area contributed by atoms with Crippen molar-refractivity contribution >= 4 is 34.8 Å². The van der Waals surface area contributed by atoms with E-state index in [-0.39, 0.29) is 23.6 Å². The maximum atomic E-state index is 11.6. The molecule has 0 fully saturated rings. The molecule has 0 saturated carbocycles. The summed E-state index contributed by atoms with van der Waals surface area (Å²) in [7, 11) is 0. The molecule has 0 aliphatic rings. The van der Waals surface area contributed by atoms with Crippen molar-refractivity contribution in [2.75, 3.05) is 16.5 Å². The van der Waals surface area contributed by atoms with E-state index < -0.39 is 0 Å². The minimum Gasteiger partial charge on any atom is -0.326 e. The third kappa shape index (κ3) is 4.44. The molecule has 0 bridgehead atoms. The first-order chi connectivity index (χ1) is 8.02. The van der Waals surface area contributed by atoms with Gasteiger partial charge in [0.25, 0.3) is 0 Å². The Morgan fingerprint density at radius 1 is 1.29 bits per heavy atom. The molecule has 0 aromatic heterocycles. The van der Waals surface area contributed by atoms with Gasteiger partial charge in [-0.15, -0.1) is 11.6 Å². The molecule has 0 spiro atoms. The Labute approximate surface area is 105 Å². The molecule has 17 heavy (non-hydrogen) atoms. The third-order valence-corrected chi connectivity index (χ3v) is 2.59. The molecule has 1 aromatic carbocycles. The predicted molar refractivity (Wildman–Crippen MR) is 69.3 cm³/mol. The number of hydrogen-bond donors (Lipinski definition) is 2. The van der Waals surface area contributed by atoms with Gasteiger partial charge >= 0.3 is 0 Å².